The van der Waals surface area contributed by atoms with Gasteiger partial charge in [0.1, 0.15) is 11.5 Å². The molecule has 11 nitrogen and oxygen atoms in total. The number of nitrogens with zero attached hydrogens (tertiary/aromatic N) is 3. The molecule has 0 spiro atoms. The van der Waals surface area contributed by atoms with E-state index in [4.69, 9.17) is 13.9 Å². The third-order valence-electron chi connectivity index (χ3n) is 6.82. The van der Waals surface area contributed by atoms with Crippen LogP contribution in [0.3, 0.4) is 0 Å². The second-order valence-corrected chi connectivity index (χ2v) is 10.6. The Morgan fingerprint density at radius 1 is 1.07 bits per heavy atom. The fourth-order valence-electron chi connectivity index (χ4n) is 4.83. The second-order valence-electron chi connectivity index (χ2n) is 9.61. The van der Waals surface area contributed by atoms with Gasteiger partial charge in [0.05, 0.1) is 45.5 Å². The number of nitro groups is 1. The van der Waals surface area contributed by atoms with Crippen LogP contribution in [0.5, 0.6) is 0 Å². The summed E-state index contributed by atoms with van der Waals surface area (Å²) in [6.45, 7) is 7.02. The first-order valence-electron chi connectivity index (χ1n) is 13.4. The minimum absolute atomic E-state index is 0.102. The molecule has 5 rings (SSSR count). The molecule has 1 aliphatic rings. The summed E-state index contributed by atoms with van der Waals surface area (Å²) in [6.07, 6.45) is 1.57. The van der Waals surface area contributed by atoms with Crippen LogP contribution >= 0.6 is 11.3 Å². The number of hydrogen-bond acceptors (Lipinski definition) is 10. The van der Waals surface area contributed by atoms with Gasteiger partial charge in [-0.2, -0.15) is 0 Å². The molecule has 0 saturated carbocycles. The number of nitro benzene ring substituents is 1. The van der Waals surface area contributed by atoms with Gasteiger partial charge in [-0.05, 0) is 57.5 Å². The summed E-state index contributed by atoms with van der Waals surface area (Å²) in [6, 6.07) is 13.9. The van der Waals surface area contributed by atoms with Crippen LogP contribution in [0.1, 0.15) is 54.1 Å². The Balaban J connectivity index is 1.61. The zero-order valence-electron chi connectivity index (χ0n) is 23.8. The van der Waals surface area contributed by atoms with E-state index in [-0.39, 0.29) is 29.0 Å². The molecule has 3 heterocycles. The van der Waals surface area contributed by atoms with E-state index in [0.717, 1.165) is 11.3 Å². The number of carbonyl (C=O) groups is 2. The fourth-order valence-corrected chi connectivity index (χ4v) is 5.86. The number of esters is 2. The average Bonchev–Trinajstić information content (AvgIpc) is 3.57. The molecule has 1 unspecified atom stereocenters. The third kappa shape index (κ3) is 5.69. The first-order valence-corrected chi connectivity index (χ1v) is 14.3. The van der Waals surface area contributed by atoms with Crippen molar-refractivity contribution in [2.45, 2.75) is 33.7 Å². The Morgan fingerprint density at radius 2 is 1.81 bits per heavy atom. The van der Waals surface area contributed by atoms with Crippen molar-refractivity contribution in [1.29, 1.82) is 0 Å². The van der Waals surface area contributed by atoms with Gasteiger partial charge in [-0.1, -0.05) is 35.6 Å². The average molecular weight is 602 g/mol. The Morgan fingerprint density at radius 3 is 2.53 bits per heavy atom. The number of allylic oxidation sites excluding steroid dienone is 1. The van der Waals surface area contributed by atoms with Gasteiger partial charge in [-0.15, -0.1) is 0 Å². The first kappa shape index (κ1) is 29.4. The predicted molar refractivity (Wildman–Crippen MR) is 158 cm³/mol. The molecule has 4 aromatic rings. The molecule has 0 bridgehead atoms. The Hall–Kier alpha value is -5.10. The van der Waals surface area contributed by atoms with Crippen LogP contribution in [0.2, 0.25) is 0 Å². The minimum atomic E-state index is -0.991. The first-order chi connectivity index (χ1) is 20.6. The molecule has 2 aromatic heterocycles. The van der Waals surface area contributed by atoms with Crippen LogP contribution in [0.4, 0.5) is 5.69 Å². The Bertz CT molecular complexity index is 1980. The summed E-state index contributed by atoms with van der Waals surface area (Å²) >= 11 is 1.10. The zero-order valence-corrected chi connectivity index (χ0v) is 24.6. The molecule has 220 valence electrons. The van der Waals surface area contributed by atoms with E-state index in [1.807, 2.05) is 0 Å². The lowest BCUT2D eigenvalue weighted by Crippen LogP contribution is -2.40. The molecule has 0 fully saturated rings. The number of carbonyl (C=O) groups excluding carboxylic acids is 2. The molecule has 2 aromatic carbocycles. The van der Waals surface area contributed by atoms with Crippen molar-refractivity contribution in [1.82, 2.24) is 4.57 Å². The fraction of sp³-hybridized carbons (Fsp3) is 0.226. The molecule has 0 N–H and O–H groups in total. The van der Waals surface area contributed by atoms with E-state index in [0.29, 0.717) is 44.3 Å². The zero-order chi connectivity index (χ0) is 30.8. The van der Waals surface area contributed by atoms with Crippen molar-refractivity contribution in [3.05, 3.63) is 118 Å². The molecule has 0 radical (unpaired) electrons. The largest absolute Gasteiger partial charge is 0.463 e. The molecule has 1 aliphatic heterocycles. The van der Waals surface area contributed by atoms with Gasteiger partial charge in [-0.25, -0.2) is 14.6 Å². The van der Waals surface area contributed by atoms with Crippen molar-refractivity contribution in [3.8, 4) is 11.3 Å². The van der Waals surface area contributed by atoms with E-state index in [1.165, 1.54) is 10.6 Å². The van der Waals surface area contributed by atoms with Crippen LogP contribution in [-0.2, 0) is 14.3 Å². The summed E-state index contributed by atoms with van der Waals surface area (Å²) in [4.78, 5) is 55.2. The molecular weight excluding hydrogens is 574 g/mol. The third-order valence-corrected chi connectivity index (χ3v) is 7.80. The maximum atomic E-state index is 13.9. The van der Waals surface area contributed by atoms with Crippen molar-refractivity contribution in [3.63, 3.8) is 0 Å². The van der Waals surface area contributed by atoms with Crippen LogP contribution < -0.4 is 14.9 Å². The number of fused-ring (bicyclic) bond motifs is 1. The molecule has 0 aliphatic carbocycles. The number of rotatable bonds is 8. The second kappa shape index (κ2) is 12.0. The normalized spacial score (nSPS) is 14.7. The maximum Gasteiger partial charge on any atom is 0.338 e. The smallest absolute Gasteiger partial charge is 0.338 e. The standard InChI is InChI=1S/C31H27N3O8S/c1-5-40-29(36)21-9-7-8-19(14-21)24-13-12-22(42-24)16-25-28(35)33-27(20-11-10-17(3)23(15-20)34(38)39)26(30(37)41-6-2)18(4)32-31(33)43-25/h7-16,27H,5-6H2,1-4H3. The van der Waals surface area contributed by atoms with Crippen LogP contribution in [-0.4, -0.2) is 34.6 Å². The van der Waals surface area contributed by atoms with Gasteiger partial charge in [-0.3, -0.25) is 19.5 Å². The Labute approximate surface area is 249 Å². The number of aryl methyl sites for hydroxylation is 1. The number of thiazole rings is 1. The summed E-state index contributed by atoms with van der Waals surface area (Å²) in [5, 5.41) is 11.7. The lowest BCUT2D eigenvalue weighted by molar-refractivity contribution is -0.385. The minimum Gasteiger partial charge on any atom is -0.463 e. The SMILES string of the molecule is CCOC(=O)C1=C(C)N=c2sc(=Cc3ccc(-c4cccc(C(=O)OCC)c4)o3)c(=O)n2C1c1ccc(C)c([N+](=O)[O-])c1. The van der Waals surface area contributed by atoms with Crippen molar-refractivity contribution in [2.75, 3.05) is 13.2 Å². The van der Waals surface area contributed by atoms with E-state index in [1.54, 1.807) is 82.3 Å². The van der Waals surface area contributed by atoms with Gasteiger partial charge in [0.25, 0.3) is 11.2 Å². The van der Waals surface area contributed by atoms with E-state index < -0.39 is 28.5 Å². The molecular formula is C31H27N3O8S. The topological polar surface area (TPSA) is 143 Å². The van der Waals surface area contributed by atoms with Crippen LogP contribution in [0, 0.1) is 17.0 Å². The van der Waals surface area contributed by atoms with Gasteiger partial charge in [0, 0.05) is 23.3 Å². The van der Waals surface area contributed by atoms with Gasteiger partial charge < -0.3 is 13.9 Å². The predicted octanol–water partition coefficient (Wildman–Crippen LogP) is 4.45. The summed E-state index contributed by atoms with van der Waals surface area (Å²) in [5.74, 6) is -0.240. The highest BCUT2D eigenvalue weighted by Crippen LogP contribution is 2.33. The number of ether oxygens (including phenoxy) is 2. The Kier molecular flexibility index (Phi) is 8.22. The summed E-state index contributed by atoms with van der Waals surface area (Å²) < 4.78 is 18.0. The quantitative estimate of drug-likeness (QED) is 0.164. The van der Waals surface area contributed by atoms with Crippen molar-refractivity contribution >= 4 is 35.0 Å². The molecule has 0 saturated heterocycles. The number of furan rings is 1. The van der Waals surface area contributed by atoms with E-state index in [2.05, 4.69) is 4.99 Å². The summed E-state index contributed by atoms with van der Waals surface area (Å²) in [5.41, 5.74) is 1.75. The molecule has 43 heavy (non-hydrogen) atoms. The van der Waals surface area contributed by atoms with E-state index in [9.17, 15) is 24.5 Å². The molecule has 12 heteroatoms. The van der Waals surface area contributed by atoms with Gasteiger partial charge in [0.2, 0.25) is 0 Å². The van der Waals surface area contributed by atoms with Crippen LogP contribution in [0.25, 0.3) is 17.4 Å². The number of benzene rings is 2. The lowest BCUT2D eigenvalue weighted by atomic mass is 9.94. The highest BCUT2D eigenvalue weighted by atomic mass is 32.1. The number of aromatic nitrogens is 1. The number of hydrogen-bond donors (Lipinski definition) is 0. The van der Waals surface area contributed by atoms with Crippen molar-refractivity contribution in [2.24, 2.45) is 4.99 Å². The van der Waals surface area contributed by atoms with Gasteiger partial charge >= 0.3 is 11.9 Å². The van der Waals surface area contributed by atoms with Crippen LogP contribution in [0.15, 0.2) is 80.1 Å². The molecule has 1 atom stereocenters. The van der Waals surface area contributed by atoms with Gasteiger partial charge in [0.15, 0.2) is 4.80 Å². The highest BCUT2D eigenvalue weighted by Gasteiger charge is 2.34. The maximum absolute atomic E-state index is 13.9. The monoisotopic (exact) mass is 601 g/mol. The van der Waals surface area contributed by atoms with Crippen molar-refractivity contribution < 1.29 is 28.4 Å². The highest BCUT2D eigenvalue weighted by molar-refractivity contribution is 7.07. The lowest BCUT2D eigenvalue weighted by Gasteiger charge is -2.24. The van der Waals surface area contributed by atoms with E-state index >= 15 is 0 Å². The summed E-state index contributed by atoms with van der Waals surface area (Å²) in [7, 11) is 0. The molecule has 0 amide bonds.